The molecule has 1 fully saturated rings. The van der Waals surface area contributed by atoms with Gasteiger partial charge in [0, 0.05) is 53.7 Å². The zero-order chi connectivity index (χ0) is 25.6. The Kier molecular flexibility index (Phi) is 6.76. The molecular formula is C26H27ClN2O5S2. The first-order chi connectivity index (χ1) is 17.1. The van der Waals surface area contributed by atoms with Gasteiger partial charge in [-0.2, -0.15) is 0 Å². The van der Waals surface area contributed by atoms with Gasteiger partial charge in [-0.25, -0.2) is 13.2 Å². The fraction of sp³-hybridized carbons (Fsp3) is 0.346. The van der Waals surface area contributed by atoms with E-state index in [1.807, 2.05) is 23.5 Å². The van der Waals surface area contributed by atoms with Gasteiger partial charge in [0.25, 0.3) is 0 Å². The first-order valence-corrected chi connectivity index (χ1v) is 14.5. The van der Waals surface area contributed by atoms with Crippen LogP contribution in [0.4, 0.5) is 5.69 Å². The molecule has 3 aromatic rings. The largest absolute Gasteiger partial charge is 0.465 e. The Balaban J connectivity index is 1.41. The standard InChI is InChI=1S/C26H27ClN2O5S2/c1-16-10-18(26(30)33-3)12-23-24(16)34-25-19(15-36(23,31)32)11-20(13-22(25)27)29-8-6-28(7-9-29)14-21-5-4-17(2)35-21/h4-5,10-13H,6-9,14-15H2,1-3H3. The number of anilines is 1. The minimum atomic E-state index is -3.80. The van der Waals surface area contributed by atoms with E-state index in [1.165, 1.54) is 22.9 Å². The van der Waals surface area contributed by atoms with Crippen LogP contribution in [0.1, 0.15) is 31.2 Å². The van der Waals surface area contributed by atoms with Crippen LogP contribution in [0.25, 0.3) is 0 Å². The number of rotatable bonds is 4. The SMILES string of the molecule is COC(=O)c1cc(C)c2c(c1)S(=O)(=O)Cc1cc(N3CCN(Cc4ccc(C)s4)CC3)cc(Cl)c1O2. The molecule has 5 rings (SSSR count). The van der Waals surface area contributed by atoms with Gasteiger partial charge in [0.05, 0.1) is 23.4 Å². The molecule has 2 aliphatic heterocycles. The lowest BCUT2D eigenvalue weighted by Gasteiger charge is -2.36. The maximum Gasteiger partial charge on any atom is 0.337 e. The number of sulfone groups is 1. The first kappa shape index (κ1) is 25.1. The Labute approximate surface area is 220 Å². The van der Waals surface area contributed by atoms with Gasteiger partial charge in [-0.1, -0.05) is 11.6 Å². The predicted molar refractivity (Wildman–Crippen MR) is 141 cm³/mol. The van der Waals surface area contributed by atoms with Crippen LogP contribution in [0.15, 0.2) is 41.3 Å². The second kappa shape index (κ2) is 9.70. The normalized spacial score (nSPS) is 17.1. The Morgan fingerprint density at radius 2 is 1.83 bits per heavy atom. The third-order valence-electron chi connectivity index (χ3n) is 6.56. The quantitative estimate of drug-likeness (QED) is 0.416. The van der Waals surface area contributed by atoms with Crippen molar-refractivity contribution in [2.45, 2.75) is 31.0 Å². The summed E-state index contributed by atoms with van der Waals surface area (Å²) in [5, 5.41) is 0.360. The van der Waals surface area contributed by atoms with Gasteiger partial charge >= 0.3 is 5.97 Å². The molecule has 0 unspecified atom stereocenters. The van der Waals surface area contributed by atoms with Gasteiger partial charge in [-0.05, 0) is 55.8 Å². The lowest BCUT2D eigenvalue weighted by Crippen LogP contribution is -2.45. The number of halogens is 1. The highest BCUT2D eigenvalue weighted by Gasteiger charge is 2.32. The van der Waals surface area contributed by atoms with Crippen LogP contribution < -0.4 is 9.64 Å². The molecule has 7 nitrogen and oxygen atoms in total. The number of piperazine rings is 1. The number of benzene rings is 2. The molecule has 36 heavy (non-hydrogen) atoms. The summed E-state index contributed by atoms with van der Waals surface area (Å²) in [4.78, 5) is 19.4. The second-order valence-electron chi connectivity index (χ2n) is 9.16. The van der Waals surface area contributed by atoms with Crippen LogP contribution >= 0.6 is 22.9 Å². The molecule has 2 aromatic carbocycles. The number of ether oxygens (including phenoxy) is 2. The fourth-order valence-corrected chi connectivity index (χ4v) is 7.49. The third kappa shape index (κ3) is 4.85. The minimum absolute atomic E-state index is 0.0332. The van der Waals surface area contributed by atoms with Crippen LogP contribution in [0.3, 0.4) is 0 Å². The molecule has 1 saturated heterocycles. The van der Waals surface area contributed by atoms with E-state index in [1.54, 1.807) is 13.0 Å². The van der Waals surface area contributed by atoms with Gasteiger partial charge in [-0.3, -0.25) is 4.90 Å². The number of carbonyl (C=O) groups excluding carboxylic acids is 1. The molecular weight excluding hydrogens is 520 g/mol. The molecule has 0 bridgehead atoms. The van der Waals surface area contributed by atoms with Crippen LogP contribution in [0.5, 0.6) is 11.5 Å². The van der Waals surface area contributed by atoms with E-state index in [4.69, 9.17) is 21.1 Å². The van der Waals surface area contributed by atoms with E-state index in [2.05, 4.69) is 28.9 Å². The summed E-state index contributed by atoms with van der Waals surface area (Å²) >= 11 is 8.49. The summed E-state index contributed by atoms with van der Waals surface area (Å²) in [6.45, 7) is 8.20. The van der Waals surface area contributed by atoms with E-state index in [0.29, 0.717) is 21.9 Å². The Morgan fingerprint density at radius 3 is 2.50 bits per heavy atom. The van der Waals surface area contributed by atoms with Gasteiger partial charge < -0.3 is 14.4 Å². The van der Waals surface area contributed by atoms with Crippen molar-refractivity contribution in [2.75, 3.05) is 38.2 Å². The number of hydrogen-bond acceptors (Lipinski definition) is 8. The summed E-state index contributed by atoms with van der Waals surface area (Å²) in [6, 6.07) is 10.9. The fourth-order valence-electron chi connectivity index (χ4n) is 4.72. The zero-order valence-electron chi connectivity index (χ0n) is 20.3. The first-order valence-electron chi connectivity index (χ1n) is 11.6. The monoisotopic (exact) mass is 546 g/mol. The molecule has 0 N–H and O–H groups in total. The van der Waals surface area contributed by atoms with Crippen molar-refractivity contribution in [3.8, 4) is 11.5 Å². The van der Waals surface area contributed by atoms with Gasteiger partial charge in [0.1, 0.15) is 16.4 Å². The Bertz CT molecular complexity index is 1440. The topological polar surface area (TPSA) is 76.2 Å². The molecule has 0 spiro atoms. The maximum atomic E-state index is 13.4. The van der Waals surface area contributed by atoms with Crippen molar-refractivity contribution in [1.82, 2.24) is 4.90 Å². The average Bonchev–Trinajstić information content (AvgIpc) is 3.20. The molecule has 0 amide bonds. The maximum absolute atomic E-state index is 13.4. The number of nitrogens with zero attached hydrogens (tertiary/aromatic N) is 2. The van der Waals surface area contributed by atoms with Crippen molar-refractivity contribution in [3.63, 3.8) is 0 Å². The summed E-state index contributed by atoms with van der Waals surface area (Å²) in [7, 11) is -2.54. The van der Waals surface area contributed by atoms with Crippen molar-refractivity contribution in [2.24, 2.45) is 0 Å². The lowest BCUT2D eigenvalue weighted by molar-refractivity contribution is 0.0600. The van der Waals surface area contributed by atoms with Gasteiger partial charge in [0.15, 0.2) is 9.84 Å². The predicted octanol–water partition coefficient (Wildman–Crippen LogP) is 5.21. The van der Waals surface area contributed by atoms with Crippen LogP contribution in [0.2, 0.25) is 5.02 Å². The van der Waals surface area contributed by atoms with Crippen molar-refractivity contribution in [1.29, 1.82) is 0 Å². The number of methoxy groups -OCH3 is 1. The summed E-state index contributed by atoms with van der Waals surface area (Å²) in [5.41, 5.74) is 2.06. The second-order valence-corrected chi connectivity index (χ2v) is 12.9. The molecule has 0 radical (unpaired) electrons. The molecule has 190 valence electrons. The highest BCUT2D eigenvalue weighted by Crippen LogP contribution is 2.45. The molecule has 10 heteroatoms. The Hall–Kier alpha value is -2.59. The number of carbonyl (C=O) groups is 1. The van der Waals surface area contributed by atoms with E-state index >= 15 is 0 Å². The molecule has 3 heterocycles. The number of thiophene rings is 1. The number of hydrogen-bond donors (Lipinski definition) is 0. The van der Waals surface area contributed by atoms with Crippen molar-refractivity contribution < 1.29 is 22.7 Å². The van der Waals surface area contributed by atoms with Crippen LogP contribution in [0, 0.1) is 13.8 Å². The minimum Gasteiger partial charge on any atom is -0.465 e. The number of esters is 1. The highest BCUT2D eigenvalue weighted by atomic mass is 35.5. The van der Waals surface area contributed by atoms with Crippen LogP contribution in [-0.4, -0.2) is 52.6 Å². The lowest BCUT2D eigenvalue weighted by atomic mass is 10.1. The number of fused-ring (bicyclic) bond motifs is 2. The molecule has 2 aliphatic rings. The summed E-state index contributed by atoms with van der Waals surface area (Å²) < 4.78 is 37.7. The zero-order valence-corrected chi connectivity index (χ0v) is 22.7. The molecule has 0 saturated carbocycles. The van der Waals surface area contributed by atoms with Gasteiger partial charge in [0.2, 0.25) is 0 Å². The average molecular weight is 547 g/mol. The smallest absolute Gasteiger partial charge is 0.337 e. The van der Waals surface area contributed by atoms with E-state index in [-0.39, 0.29) is 22.0 Å². The number of aryl methyl sites for hydroxylation is 2. The highest BCUT2D eigenvalue weighted by molar-refractivity contribution is 7.90. The molecule has 0 atom stereocenters. The van der Waals surface area contributed by atoms with Crippen LogP contribution in [-0.2, 0) is 26.9 Å². The molecule has 1 aromatic heterocycles. The summed E-state index contributed by atoms with van der Waals surface area (Å²) in [5.74, 6) is -0.353. The van der Waals surface area contributed by atoms with Crippen molar-refractivity contribution >= 4 is 44.4 Å². The third-order valence-corrected chi connectivity index (χ3v) is 9.50. The van der Waals surface area contributed by atoms with E-state index in [9.17, 15) is 13.2 Å². The van der Waals surface area contributed by atoms with E-state index in [0.717, 1.165) is 38.4 Å². The van der Waals surface area contributed by atoms with Gasteiger partial charge in [-0.15, -0.1) is 11.3 Å². The van der Waals surface area contributed by atoms with Crippen molar-refractivity contribution in [3.05, 3.63) is 67.9 Å². The Morgan fingerprint density at radius 1 is 1.08 bits per heavy atom. The van der Waals surface area contributed by atoms with E-state index < -0.39 is 15.8 Å². The summed E-state index contributed by atoms with van der Waals surface area (Å²) in [6.07, 6.45) is 0. The molecule has 0 aliphatic carbocycles.